The molecule has 2 fully saturated rings. The molecule has 0 amide bonds. The molecule has 5 nitrogen and oxygen atoms in total. The zero-order valence-electron chi connectivity index (χ0n) is 14.2. The van der Waals surface area contributed by atoms with Gasteiger partial charge in [-0.05, 0) is 38.4 Å². The quantitative estimate of drug-likeness (QED) is 0.900. The summed E-state index contributed by atoms with van der Waals surface area (Å²) in [6.07, 6.45) is 4.52. The van der Waals surface area contributed by atoms with Crippen LogP contribution in [0.4, 0.5) is 0 Å². The Labute approximate surface area is 139 Å². The molecule has 0 saturated carbocycles. The molecule has 2 aliphatic heterocycles. The van der Waals surface area contributed by atoms with E-state index in [-0.39, 0.29) is 6.10 Å². The summed E-state index contributed by atoms with van der Waals surface area (Å²) in [5.41, 5.74) is 0. The molecule has 2 atom stereocenters. The van der Waals surface area contributed by atoms with Gasteiger partial charge in [0.15, 0.2) is 0 Å². The van der Waals surface area contributed by atoms with Gasteiger partial charge in [0.25, 0.3) is 0 Å². The predicted molar refractivity (Wildman–Crippen MR) is 89.5 cm³/mol. The van der Waals surface area contributed by atoms with E-state index in [0.717, 1.165) is 63.9 Å². The van der Waals surface area contributed by atoms with Crippen molar-refractivity contribution in [3.8, 4) is 0 Å². The number of furan rings is 1. The Hall–Kier alpha value is -0.880. The first-order valence-electron chi connectivity index (χ1n) is 9.01. The van der Waals surface area contributed by atoms with E-state index in [4.69, 9.17) is 9.15 Å². The molecule has 1 aromatic heterocycles. The molecule has 0 spiro atoms. The Kier molecular flexibility index (Phi) is 6.11. The molecule has 0 radical (unpaired) electrons. The Morgan fingerprint density at radius 2 is 1.96 bits per heavy atom. The van der Waals surface area contributed by atoms with Crippen LogP contribution in [0.3, 0.4) is 0 Å². The standard InChI is InChI=1S/C18H30N2O3/c1-15-6-7-18(23-15)17-5-3-2-4-8-20(17)14-16(21)13-19-9-11-22-12-10-19/h6-7,16-17,21H,2-5,8-14H2,1H3/t16-,17-/m1/s1. The molecule has 3 rings (SSSR count). The van der Waals surface area contributed by atoms with Crippen LogP contribution in [0.5, 0.6) is 0 Å². The number of hydrogen-bond donors (Lipinski definition) is 1. The molecule has 0 aromatic carbocycles. The number of β-amino-alcohol motifs (C(OH)–C–C–N with tert-alkyl or cyclic N) is 1. The lowest BCUT2D eigenvalue weighted by Crippen LogP contribution is -2.45. The van der Waals surface area contributed by atoms with Crippen LogP contribution in [0.1, 0.15) is 43.2 Å². The van der Waals surface area contributed by atoms with Crippen molar-refractivity contribution in [3.05, 3.63) is 23.7 Å². The third-order valence-electron chi connectivity index (χ3n) is 4.97. The molecular weight excluding hydrogens is 292 g/mol. The molecule has 0 aliphatic carbocycles. The molecule has 0 unspecified atom stereocenters. The smallest absolute Gasteiger partial charge is 0.121 e. The summed E-state index contributed by atoms with van der Waals surface area (Å²) in [5, 5.41) is 10.6. The van der Waals surface area contributed by atoms with Gasteiger partial charge in [-0.15, -0.1) is 0 Å². The van der Waals surface area contributed by atoms with Gasteiger partial charge < -0.3 is 14.3 Å². The lowest BCUT2D eigenvalue weighted by atomic mass is 10.1. The van der Waals surface area contributed by atoms with Crippen molar-refractivity contribution in [2.75, 3.05) is 45.9 Å². The maximum atomic E-state index is 10.6. The fourth-order valence-corrected chi connectivity index (χ4v) is 3.75. The van der Waals surface area contributed by atoms with Crippen LogP contribution < -0.4 is 0 Å². The summed E-state index contributed by atoms with van der Waals surface area (Å²) in [6.45, 7) is 7.93. The van der Waals surface area contributed by atoms with Crippen LogP contribution in [-0.2, 0) is 4.74 Å². The monoisotopic (exact) mass is 322 g/mol. The topological polar surface area (TPSA) is 49.1 Å². The Morgan fingerprint density at radius 3 is 2.70 bits per heavy atom. The first-order valence-corrected chi connectivity index (χ1v) is 9.01. The van der Waals surface area contributed by atoms with E-state index in [0.29, 0.717) is 6.04 Å². The fraction of sp³-hybridized carbons (Fsp3) is 0.778. The van der Waals surface area contributed by atoms with E-state index >= 15 is 0 Å². The highest BCUT2D eigenvalue weighted by molar-refractivity contribution is 5.10. The van der Waals surface area contributed by atoms with E-state index in [1.54, 1.807) is 0 Å². The summed E-state index contributed by atoms with van der Waals surface area (Å²) < 4.78 is 11.3. The number of morpholine rings is 1. The van der Waals surface area contributed by atoms with Gasteiger partial charge in [0.05, 0.1) is 25.4 Å². The lowest BCUT2D eigenvalue weighted by Gasteiger charge is -2.33. The number of rotatable bonds is 5. The second-order valence-corrected chi connectivity index (χ2v) is 6.88. The lowest BCUT2D eigenvalue weighted by molar-refractivity contribution is 0.00208. The number of hydrogen-bond acceptors (Lipinski definition) is 5. The average molecular weight is 322 g/mol. The highest BCUT2D eigenvalue weighted by atomic mass is 16.5. The van der Waals surface area contributed by atoms with Gasteiger partial charge in [-0.2, -0.15) is 0 Å². The zero-order valence-corrected chi connectivity index (χ0v) is 14.2. The van der Waals surface area contributed by atoms with Crippen molar-refractivity contribution < 1.29 is 14.3 Å². The number of nitrogens with zero attached hydrogens (tertiary/aromatic N) is 2. The molecule has 1 aromatic rings. The molecule has 2 saturated heterocycles. The zero-order chi connectivity index (χ0) is 16.1. The molecule has 2 aliphatic rings. The van der Waals surface area contributed by atoms with Gasteiger partial charge in [0, 0.05) is 26.2 Å². The maximum absolute atomic E-state index is 10.6. The van der Waals surface area contributed by atoms with E-state index in [9.17, 15) is 5.11 Å². The van der Waals surface area contributed by atoms with E-state index in [2.05, 4.69) is 15.9 Å². The van der Waals surface area contributed by atoms with Gasteiger partial charge >= 0.3 is 0 Å². The van der Waals surface area contributed by atoms with Gasteiger partial charge in [-0.1, -0.05) is 12.8 Å². The van der Waals surface area contributed by atoms with Crippen molar-refractivity contribution in [2.24, 2.45) is 0 Å². The van der Waals surface area contributed by atoms with Crippen LogP contribution >= 0.6 is 0 Å². The number of ether oxygens (including phenoxy) is 1. The predicted octanol–water partition coefficient (Wildman–Crippen LogP) is 2.20. The Bertz CT molecular complexity index is 471. The van der Waals surface area contributed by atoms with Crippen molar-refractivity contribution in [1.29, 1.82) is 0 Å². The number of aryl methyl sites for hydroxylation is 1. The van der Waals surface area contributed by atoms with E-state index in [1.807, 2.05) is 13.0 Å². The highest BCUT2D eigenvalue weighted by Crippen LogP contribution is 2.31. The highest BCUT2D eigenvalue weighted by Gasteiger charge is 2.27. The van der Waals surface area contributed by atoms with Crippen LogP contribution in [0.25, 0.3) is 0 Å². The van der Waals surface area contributed by atoms with E-state index in [1.165, 1.54) is 19.3 Å². The number of aliphatic hydroxyl groups excluding tert-OH is 1. The van der Waals surface area contributed by atoms with Gasteiger partial charge in [-0.25, -0.2) is 0 Å². The number of aliphatic hydroxyl groups is 1. The molecule has 1 N–H and O–H groups in total. The summed E-state index contributed by atoms with van der Waals surface area (Å²) in [5.74, 6) is 2.03. The second kappa shape index (κ2) is 8.29. The van der Waals surface area contributed by atoms with Crippen molar-refractivity contribution >= 4 is 0 Å². The Balaban J connectivity index is 1.60. The van der Waals surface area contributed by atoms with Crippen molar-refractivity contribution in [2.45, 2.75) is 44.8 Å². The number of likely N-dealkylation sites (tertiary alicyclic amines) is 1. The van der Waals surface area contributed by atoms with Crippen LogP contribution in [-0.4, -0.2) is 66.9 Å². The second-order valence-electron chi connectivity index (χ2n) is 6.88. The molecule has 23 heavy (non-hydrogen) atoms. The first-order chi connectivity index (χ1) is 11.2. The van der Waals surface area contributed by atoms with Gasteiger partial charge in [0.1, 0.15) is 11.5 Å². The third kappa shape index (κ3) is 4.80. The summed E-state index contributed by atoms with van der Waals surface area (Å²) in [4.78, 5) is 4.73. The minimum absolute atomic E-state index is 0.311. The van der Waals surface area contributed by atoms with Crippen LogP contribution in [0, 0.1) is 6.92 Å². The van der Waals surface area contributed by atoms with Gasteiger partial charge in [0.2, 0.25) is 0 Å². The molecule has 3 heterocycles. The summed E-state index contributed by atoms with van der Waals surface area (Å²) >= 11 is 0. The fourth-order valence-electron chi connectivity index (χ4n) is 3.75. The maximum Gasteiger partial charge on any atom is 0.121 e. The Morgan fingerprint density at radius 1 is 1.13 bits per heavy atom. The molecule has 5 heteroatoms. The first kappa shape index (κ1) is 17.0. The largest absolute Gasteiger partial charge is 0.465 e. The van der Waals surface area contributed by atoms with Crippen molar-refractivity contribution in [3.63, 3.8) is 0 Å². The molecular formula is C18H30N2O3. The third-order valence-corrected chi connectivity index (χ3v) is 4.97. The van der Waals surface area contributed by atoms with Crippen molar-refractivity contribution in [1.82, 2.24) is 9.80 Å². The molecule has 0 bridgehead atoms. The summed E-state index contributed by atoms with van der Waals surface area (Å²) in [7, 11) is 0. The summed E-state index contributed by atoms with van der Waals surface area (Å²) in [6, 6.07) is 4.46. The normalized spacial score (nSPS) is 26.1. The SMILES string of the molecule is Cc1ccc([C@H]2CCCCCN2C[C@H](O)CN2CCOCC2)o1. The minimum Gasteiger partial charge on any atom is -0.465 e. The van der Waals surface area contributed by atoms with Crippen LogP contribution in [0.15, 0.2) is 16.5 Å². The minimum atomic E-state index is -0.315. The van der Waals surface area contributed by atoms with E-state index < -0.39 is 0 Å². The molecule has 130 valence electrons. The average Bonchev–Trinajstić information content (AvgIpc) is 2.84. The van der Waals surface area contributed by atoms with Gasteiger partial charge in [-0.3, -0.25) is 9.80 Å². The van der Waals surface area contributed by atoms with Crippen LogP contribution in [0.2, 0.25) is 0 Å².